The molecule has 0 radical (unpaired) electrons. The van der Waals surface area contributed by atoms with Gasteiger partial charge in [0.15, 0.2) is 11.5 Å². The van der Waals surface area contributed by atoms with E-state index in [1.54, 1.807) is 18.7 Å². The van der Waals surface area contributed by atoms with Crippen molar-refractivity contribution < 1.29 is 4.42 Å². The summed E-state index contributed by atoms with van der Waals surface area (Å²) in [7, 11) is 0. The molecule has 0 spiro atoms. The highest BCUT2D eigenvalue weighted by Gasteiger charge is 2.15. The first-order valence-electron chi connectivity index (χ1n) is 6.67. The summed E-state index contributed by atoms with van der Waals surface area (Å²) in [5, 5.41) is 0. The van der Waals surface area contributed by atoms with Gasteiger partial charge in [-0.3, -0.25) is 9.55 Å². The highest BCUT2D eigenvalue weighted by Crippen LogP contribution is 2.23. The molecule has 21 heavy (non-hydrogen) atoms. The molecule has 4 aromatic rings. The predicted octanol–water partition coefficient (Wildman–Crippen LogP) is 3.13. The second-order valence-electron chi connectivity index (χ2n) is 4.66. The number of hydrogen-bond donors (Lipinski definition) is 0. The number of rotatable bonds is 3. The fraction of sp³-hybridized carbons (Fsp3) is 0.0625. The Morgan fingerprint density at radius 3 is 2.71 bits per heavy atom. The standard InChI is InChI=1S/C16H12N4O/c1-2-8-17-13(6-1)16-19-14-7-3-9-18-15(14)20(16)11-12-5-4-10-21-12/h1-10H,11H2. The van der Waals surface area contributed by atoms with E-state index in [9.17, 15) is 0 Å². The smallest absolute Gasteiger partial charge is 0.161 e. The third-order valence-corrected chi connectivity index (χ3v) is 3.29. The molecule has 0 fully saturated rings. The number of aromatic nitrogens is 4. The Morgan fingerprint density at radius 1 is 0.952 bits per heavy atom. The van der Waals surface area contributed by atoms with Crippen LogP contribution >= 0.6 is 0 Å². The van der Waals surface area contributed by atoms with E-state index in [2.05, 4.69) is 15.0 Å². The number of furan rings is 1. The van der Waals surface area contributed by atoms with Gasteiger partial charge in [0.05, 0.1) is 12.8 Å². The van der Waals surface area contributed by atoms with Crippen LogP contribution in [0.5, 0.6) is 0 Å². The van der Waals surface area contributed by atoms with Crippen molar-refractivity contribution in [2.45, 2.75) is 6.54 Å². The second-order valence-corrected chi connectivity index (χ2v) is 4.66. The normalized spacial score (nSPS) is 11.0. The van der Waals surface area contributed by atoms with Crippen LogP contribution in [0.3, 0.4) is 0 Å². The zero-order valence-electron chi connectivity index (χ0n) is 11.2. The molecule has 5 nitrogen and oxygen atoms in total. The Balaban J connectivity index is 1.93. The molecule has 0 aliphatic carbocycles. The number of imidazole rings is 1. The van der Waals surface area contributed by atoms with Crippen molar-refractivity contribution in [3.63, 3.8) is 0 Å². The quantitative estimate of drug-likeness (QED) is 0.577. The maximum absolute atomic E-state index is 5.45. The SMILES string of the molecule is c1ccc(-c2nc3cccnc3n2Cc2ccco2)nc1. The minimum Gasteiger partial charge on any atom is -0.467 e. The fourth-order valence-electron chi connectivity index (χ4n) is 2.36. The van der Waals surface area contributed by atoms with Gasteiger partial charge < -0.3 is 4.42 Å². The average Bonchev–Trinajstić information content (AvgIpc) is 3.17. The van der Waals surface area contributed by atoms with Crippen molar-refractivity contribution in [1.29, 1.82) is 0 Å². The van der Waals surface area contributed by atoms with Gasteiger partial charge in [-0.1, -0.05) is 6.07 Å². The summed E-state index contributed by atoms with van der Waals surface area (Å²) in [5.41, 5.74) is 2.50. The molecule has 0 atom stereocenters. The topological polar surface area (TPSA) is 56.7 Å². The molecule has 0 saturated carbocycles. The van der Waals surface area contributed by atoms with Crippen LogP contribution in [0, 0.1) is 0 Å². The lowest BCUT2D eigenvalue weighted by Gasteiger charge is -2.06. The van der Waals surface area contributed by atoms with Gasteiger partial charge in [0.25, 0.3) is 0 Å². The molecule has 0 aromatic carbocycles. The van der Waals surface area contributed by atoms with Crippen LogP contribution in [0.2, 0.25) is 0 Å². The van der Waals surface area contributed by atoms with Crippen LogP contribution < -0.4 is 0 Å². The van der Waals surface area contributed by atoms with Crippen LogP contribution in [0.15, 0.2) is 65.5 Å². The second kappa shape index (κ2) is 4.86. The molecule has 0 aliphatic rings. The van der Waals surface area contributed by atoms with Gasteiger partial charge in [-0.15, -0.1) is 0 Å². The number of nitrogens with zero attached hydrogens (tertiary/aromatic N) is 4. The Bertz CT molecular complexity index is 866. The van der Waals surface area contributed by atoms with Crippen molar-refractivity contribution in [1.82, 2.24) is 19.5 Å². The van der Waals surface area contributed by atoms with Crippen molar-refractivity contribution in [2.75, 3.05) is 0 Å². The molecule has 0 saturated heterocycles. The molecular formula is C16H12N4O. The Hall–Kier alpha value is -2.95. The van der Waals surface area contributed by atoms with Crippen LogP contribution in [-0.2, 0) is 6.54 Å². The Kier molecular flexibility index (Phi) is 2.74. The van der Waals surface area contributed by atoms with E-state index in [1.807, 2.05) is 47.0 Å². The predicted molar refractivity (Wildman–Crippen MR) is 78.6 cm³/mol. The number of pyridine rings is 2. The van der Waals surface area contributed by atoms with E-state index in [0.717, 1.165) is 28.4 Å². The molecule has 4 heterocycles. The monoisotopic (exact) mass is 276 g/mol. The van der Waals surface area contributed by atoms with Gasteiger partial charge in [0, 0.05) is 12.4 Å². The molecule has 0 unspecified atom stereocenters. The third kappa shape index (κ3) is 2.08. The maximum Gasteiger partial charge on any atom is 0.161 e. The number of fused-ring (bicyclic) bond motifs is 1. The molecular weight excluding hydrogens is 264 g/mol. The molecule has 0 bridgehead atoms. The third-order valence-electron chi connectivity index (χ3n) is 3.29. The van der Waals surface area contributed by atoms with E-state index in [4.69, 9.17) is 4.42 Å². The lowest BCUT2D eigenvalue weighted by Crippen LogP contribution is -2.03. The highest BCUT2D eigenvalue weighted by atomic mass is 16.3. The summed E-state index contributed by atoms with van der Waals surface area (Å²) in [5.74, 6) is 1.65. The van der Waals surface area contributed by atoms with Gasteiger partial charge >= 0.3 is 0 Å². The molecule has 0 aliphatic heterocycles. The van der Waals surface area contributed by atoms with Crippen LogP contribution in [0.1, 0.15) is 5.76 Å². The fourth-order valence-corrected chi connectivity index (χ4v) is 2.36. The van der Waals surface area contributed by atoms with Crippen LogP contribution in [0.25, 0.3) is 22.7 Å². The molecule has 0 N–H and O–H groups in total. The van der Waals surface area contributed by atoms with Crippen LogP contribution in [-0.4, -0.2) is 19.5 Å². The van der Waals surface area contributed by atoms with E-state index in [1.165, 1.54) is 0 Å². The van der Waals surface area contributed by atoms with Crippen molar-refractivity contribution in [2.24, 2.45) is 0 Å². The summed E-state index contributed by atoms with van der Waals surface area (Å²) in [6.45, 7) is 0.576. The van der Waals surface area contributed by atoms with E-state index >= 15 is 0 Å². The van der Waals surface area contributed by atoms with Crippen molar-refractivity contribution in [3.05, 3.63) is 66.9 Å². The first-order valence-corrected chi connectivity index (χ1v) is 6.67. The Labute approximate surface area is 120 Å². The summed E-state index contributed by atoms with van der Waals surface area (Å²) < 4.78 is 7.47. The molecule has 5 heteroatoms. The van der Waals surface area contributed by atoms with E-state index in [0.29, 0.717) is 6.54 Å². The Morgan fingerprint density at radius 2 is 1.90 bits per heavy atom. The maximum atomic E-state index is 5.45. The van der Waals surface area contributed by atoms with Crippen LogP contribution in [0.4, 0.5) is 0 Å². The van der Waals surface area contributed by atoms with Gasteiger partial charge in [0.1, 0.15) is 17.0 Å². The summed E-state index contributed by atoms with van der Waals surface area (Å²) in [6.07, 6.45) is 5.20. The minimum absolute atomic E-state index is 0.576. The lowest BCUT2D eigenvalue weighted by atomic mass is 10.3. The zero-order chi connectivity index (χ0) is 14.1. The first kappa shape index (κ1) is 11.8. The van der Waals surface area contributed by atoms with Gasteiger partial charge in [0.2, 0.25) is 0 Å². The number of hydrogen-bond acceptors (Lipinski definition) is 4. The van der Waals surface area contributed by atoms with Gasteiger partial charge in [-0.2, -0.15) is 0 Å². The molecule has 0 amide bonds. The largest absolute Gasteiger partial charge is 0.467 e. The van der Waals surface area contributed by atoms with Crippen molar-refractivity contribution >= 4 is 11.2 Å². The summed E-state index contributed by atoms with van der Waals surface area (Å²) in [6, 6.07) is 13.4. The lowest BCUT2D eigenvalue weighted by molar-refractivity contribution is 0.496. The average molecular weight is 276 g/mol. The molecule has 102 valence electrons. The highest BCUT2D eigenvalue weighted by molar-refractivity contribution is 5.76. The summed E-state index contributed by atoms with van der Waals surface area (Å²) >= 11 is 0. The summed E-state index contributed by atoms with van der Waals surface area (Å²) in [4.78, 5) is 13.5. The molecule has 4 rings (SSSR count). The zero-order valence-corrected chi connectivity index (χ0v) is 11.2. The van der Waals surface area contributed by atoms with E-state index < -0.39 is 0 Å². The van der Waals surface area contributed by atoms with Gasteiger partial charge in [-0.05, 0) is 36.4 Å². The van der Waals surface area contributed by atoms with E-state index in [-0.39, 0.29) is 0 Å². The first-order chi connectivity index (χ1) is 10.4. The van der Waals surface area contributed by atoms with Crippen molar-refractivity contribution in [3.8, 4) is 11.5 Å². The van der Waals surface area contributed by atoms with Gasteiger partial charge in [-0.25, -0.2) is 9.97 Å². The molecule has 4 aromatic heterocycles. The minimum atomic E-state index is 0.576.